The standard InChI is InChI=1S/C13H16ClN3O2S/c14-12-13(17-9-2-1-5-11(17)16-12)20(18,19)15-8-3-4-10-6-7-10/h1-2,5,9-10,15H,3-4,6-8H2. The number of aromatic nitrogens is 2. The van der Waals surface area contributed by atoms with Crippen LogP contribution in [0.3, 0.4) is 0 Å². The van der Waals surface area contributed by atoms with Gasteiger partial charge in [-0.2, -0.15) is 0 Å². The average molecular weight is 314 g/mol. The molecule has 0 spiro atoms. The van der Waals surface area contributed by atoms with E-state index in [0.717, 1.165) is 18.8 Å². The first-order valence-electron chi connectivity index (χ1n) is 6.70. The van der Waals surface area contributed by atoms with Gasteiger partial charge in [0, 0.05) is 12.7 Å². The quantitative estimate of drug-likeness (QED) is 0.833. The molecule has 2 aromatic heterocycles. The van der Waals surface area contributed by atoms with E-state index in [2.05, 4.69) is 9.71 Å². The van der Waals surface area contributed by atoms with E-state index >= 15 is 0 Å². The average Bonchev–Trinajstić information content (AvgIpc) is 3.15. The molecule has 5 nitrogen and oxygen atoms in total. The number of pyridine rings is 1. The topological polar surface area (TPSA) is 63.5 Å². The maximum absolute atomic E-state index is 12.3. The van der Waals surface area contributed by atoms with Gasteiger partial charge in [-0.3, -0.25) is 4.40 Å². The van der Waals surface area contributed by atoms with Gasteiger partial charge >= 0.3 is 0 Å². The van der Waals surface area contributed by atoms with Gasteiger partial charge in [-0.05, 0) is 30.9 Å². The van der Waals surface area contributed by atoms with Crippen LogP contribution in [0.1, 0.15) is 25.7 Å². The lowest BCUT2D eigenvalue weighted by molar-refractivity contribution is 0.568. The number of hydrogen-bond donors (Lipinski definition) is 1. The smallest absolute Gasteiger partial charge is 0.259 e. The van der Waals surface area contributed by atoms with Crippen molar-refractivity contribution in [3.05, 3.63) is 29.5 Å². The van der Waals surface area contributed by atoms with Gasteiger partial charge in [-0.15, -0.1) is 0 Å². The molecule has 1 saturated carbocycles. The molecule has 0 aromatic carbocycles. The van der Waals surface area contributed by atoms with Crippen molar-refractivity contribution in [3.63, 3.8) is 0 Å². The van der Waals surface area contributed by atoms with Crippen LogP contribution in [0.5, 0.6) is 0 Å². The molecule has 0 saturated heterocycles. The van der Waals surface area contributed by atoms with Crippen molar-refractivity contribution in [1.29, 1.82) is 0 Å². The molecule has 0 radical (unpaired) electrons. The van der Waals surface area contributed by atoms with Crippen LogP contribution in [0.4, 0.5) is 0 Å². The first-order chi connectivity index (χ1) is 9.58. The molecule has 1 aliphatic carbocycles. The molecule has 0 atom stereocenters. The van der Waals surface area contributed by atoms with Gasteiger partial charge < -0.3 is 0 Å². The Balaban J connectivity index is 1.79. The highest BCUT2D eigenvalue weighted by Gasteiger charge is 2.24. The predicted molar refractivity (Wildman–Crippen MR) is 77.3 cm³/mol. The van der Waals surface area contributed by atoms with Crippen LogP contribution in [0, 0.1) is 5.92 Å². The molecule has 1 fully saturated rings. The summed E-state index contributed by atoms with van der Waals surface area (Å²) < 4.78 is 28.8. The van der Waals surface area contributed by atoms with Crippen molar-refractivity contribution < 1.29 is 8.42 Å². The molecule has 0 aliphatic heterocycles. The fraction of sp³-hybridized carbons (Fsp3) is 0.462. The summed E-state index contributed by atoms with van der Waals surface area (Å²) in [7, 11) is -3.63. The highest BCUT2D eigenvalue weighted by Crippen LogP contribution is 2.33. The van der Waals surface area contributed by atoms with Gasteiger partial charge in [0.15, 0.2) is 10.2 Å². The van der Waals surface area contributed by atoms with Crippen molar-refractivity contribution in [1.82, 2.24) is 14.1 Å². The maximum atomic E-state index is 12.3. The van der Waals surface area contributed by atoms with E-state index in [1.165, 1.54) is 17.2 Å². The molecule has 1 aliphatic rings. The van der Waals surface area contributed by atoms with Gasteiger partial charge in [-0.1, -0.05) is 30.5 Å². The largest absolute Gasteiger partial charge is 0.288 e. The lowest BCUT2D eigenvalue weighted by Crippen LogP contribution is -2.26. The van der Waals surface area contributed by atoms with E-state index in [4.69, 9.17) is 11.6 Å². The number of nitrogens with one attached hydrogen (secondary N) is 1. The van der Waals surface area contributed by atoms with Crippen LogP contribution >= 0.6 is 11.6 Å². The number of fused-ring (bicyclic) bond motifs is 1. The van der Waals surface area contributed by atoms with Crippen LogP contribution in [-0.4, -0.2) is 24.3 Å². The van der Waals surface area contributed by atoms with Gasteiger partial charge in [0.25, 0.3) is 10.0 Å². The highest BCUT2D eigenvalue weighted by molar-refractivity contribution is 7.89. The van der Waals surface area contributed by atoms with E-state index in [9.17, 15) is 8.42 Å². The Hall–Kier alpha value is -1.11. The summed E-state index contributed by atoms with van der Waals surface area (Å²) in [4.78, 5) is 4.06. The fourth-order valence-corrected chi connectivity index (χ4v) is 3.97. The molecule has 0 bridgehead atoms. The molecule has 20 heavy (non-hydrogen) atoms. The fourth-order valence-electron chi connectivity index (χ4n) is 2.26. The summed E-state index contributed by atoms with van der Waals surface area (Å²) in [5.74, 6) is 0.805. The van der Waals surface area contributed by atoms with Crippen LogP contribution < -0.4 is 4.72 Å². The second-order valence-electron chi connectivity index (χ2n) is 5.12. The third kappa shape index (κ3) is 2.82. The van der Waals surface area contributed by atoms with Gasteiger partial charge in [0.2, 0.25) is 0 Å². The molecule has 2 heterocycles. The number of halogens is 1. The monoisotopic (exact) mass is 313 g/mol. The normalized spacial score (nSPS) is 15.8. The maximum Gasteiger partial charge on any atom is 0.259 e. The van der Waals surface area contributed by atoms with E-state index in [1.807, 2.05) is 0 Å². The first kappa shape index (κ1) is 13.9. The third-order valence-electron chi connectivity index (χ3n) is 3.48. The minimum absolute atomic E-state index is 0.00546. The summed E-state index contributed by atoms with van der Waals surface area (Å²) in [6.07, 6.45) is 6.16. The summed E-state index contributed by atoms with van der Waals surface area (Å²) in [6, 6.07) is 5.26. The number of nitrogens with zero attached hydrogens (tertiary/aromatic N) is 2. The summed E-state index contributed by atoms with van der Waals surface area (Å²) in [6.45, 7) is 0.440. The summed E-state index contributed by atoms with van der Waals surface area (Å²) >= 11 is 5.97. The zero-order chi connectivity index (χ0) is 14.2. The Morgan fingerprint density at radius 1 is 1.40 bits per heavy atom. The van der Waals surface area contributed by atoms with Gasteiger partial charge in [-0.25, -0.2) is 18.1 Å². The lowest BCUT2D eigenvalue weighted by atomic mass is 10.2. The van der Waals surface area contributed by atoms with E-state index in [-0.39, 0.29) is 10.2 Å². The van der Waals surface area contributed by atoms with Crippen LogP contribution in [-0.2, 0) is 10.0 Å². The molecule has 0 unspecified atom stereocenters. The highest BCUT2D eigenvalue weighted by atomic mass is 35.5. The van der Waals surface area contributed by atoms with E-state index < -0.39 is 10.0 Å². The SMILES string of the molecule is O=S(=O)(NCCCC1CC1)c1c(Cl)nc2ccccn12. The van der Waals surface area contributed by atoms with Crippen LogP contribution in [0.15, 0.2) is 29.4 Å². The number of imidazole rings is 1. The molecule has 1 N–H and O–H groups in total. The van der Waals surface area contributed by atoms with Crippen molar-refractivity contribution in [2.75, 3.05) is 6.54 Å². The van der Waals surface area contributed by atoms with Crippen LogP contribution in [0.25, 0.3) is 5.65 Å². The van der Waals surface area contributed by atoms with Crippen molar-refractivity contribution in [2.45, 2.75) is 30.7 Å². The lowest BCUT2D eigenvalue weighted by Gasteiger charge is -2.06. The van der Waals surface area contributed by atoms with Crippen molar-refractivity contribution >= 4 is 27.3 Å². The Labute approximate surface area is 123 Å². The molecular weight excluding hydrogens is 298 g/mol. The molecule has 2 aromatic rings. The molecule has 3 rings (SSSR count). The Bertz CT molecular complexity index is 722. The Morgan fingerprint density at radius 2 is 2.20 bits per heavy atom. The molecule has 7 heteroatoms. The molecule has 0 amide bonds. The van der Waals surface area contributed by atoms with Crippen LogP contribution in [0.2, 0.25) is 5.15 Å². The number of hydrogen-bond acceptors (Lipinski definition) is 3. The van der Waals surface area contributed by atoms with E-state index in [1.54, 1.807) is 24.4 Å². The first-order valence-corrected chi connectivity index (χ1v) is 8.56. The minimum atomic E-state index is -3.63. The third-order valence-corrected chi connectivity index (χ3v) is 5.34. The number of sulfonamides is 1. The second-order valence-corrected chi connectivity index (χ2v) is 7.16. The second kappa shape index (κ2) is 5.35. The Kier molecular flexibility index (Phi) is 3.70. The predicted octanol–water partition coefficient (Wildman–Crippen LogP) is 2.46. The zero-order valence-corrected chi connectivity index (χ0v) is 12.5. The summed E-state index contributed by atoms with van der Waals surface area (Å²) in [5, 5.41) is 0.0204. The minimum Gasteiger partial charge on any atom is -0.288 e. The van der Waals surface area contributed by atoms with Crippen molar-refractivity contribution in [3.8, 4) is 0 Å². The van der Waals surface area contributed by atoms with E-state index in [0.29, 0.717) is 12.2 Å². The van der Waals surface area contributed by atoms with Gasteiger partial charge in [0.05, 0.1) is 0 Å². The van der Waals surface area contributed by atoms with Gasteiger partial charge in [0.1, 0.15) is 5.65 Å². The zero-order valence-electron chi connectivity index (χ0n) is 10.9. The van der Waals surface area contributed by atoms with Crippen molar-refractivity contribution in [2.24, 2.45) is 5.92 Å². The Morgan fingerprint density at radius 3 is 2.95 bits per heavy atom. The summed E-state index contributed by atoms with van der Waals surface area (Å²) in [5.41, 5.74) is 0.524. The molecule has 108 valence electrons. The number of rotatable bonds is 6. The molecular formula is C13H16ClN3O2S.